The van der Waals surface area contributed by atoms with Crippen LogP contribution in [0.4, 0.5) is 13.2 Å². The summed E-state index contributed by atoms with van der Waals surface area (Å²) in [6, 6.07) is 2.85. The van der Waals surface area contributed by atoms with E-state index >= 15 is 0 Å². The van der Waals surface area contributed by atoms with Crippen LogP contribution >= 0.6 is 0 Å². The Kier molecular flexibility index (Phi) is 6.54. The molecule has 4 rings (SSSR count). The number of carbonyl (C=O) groups excluding carboxylic acids is 1. The lowest BCUT2D eigenvalue weighted by atomic mass is 10.0. The van der Waals surface area contributed by atoms with E-state index in [0.29, 0.717) is 23.7 Å². The number of aromatic nitrogens is 2. The van der Waals surface area contributed by atoms with E-state index in [1.54, 1.807) is 42.0 Å². The first kappa shape index (κ1) is 25.6. The molecule has 11 heteroatoms. The number of hydrazone groups is 1. The molecule has 2 aliphatic rings. The van der Waals surface area contributed by atoms with Crippen molar-refractivity contribution in [1.29, 1.82) is 0 Å². The Morgan fingerprint density at radius 1 is 1.28 bits per heavy atom. The van der Waals surface area contributed by atoms with E-state index < -0.39 is 40.9 Å². The van der Waals surface area contributed by atoms with Crippen molar-refractivity contribution >= 4 is 17.5 Å². The smallest absolute Gasteiger partial charge is 0.266 e. The summed E-state index contributed by atoms with van der Waals surface area (Å²) in [6.45, 7) is 9.41. The van der Waals surface area contributed by atoms with Gasteiger partial charge in [0.05, 0.1) is 53.3 Å². The minimum atomic E-state index is -2.96. The summed E-state index contributed by atoms with van der Waals surface area (Å²) in [5, 5.41) is 23.3. The maximum atomic E-state index is 14.7. The monoisotopic (exact) mass is 502 g/mol. The first-order valence-corrected chi connectivity index (χ1v) is 11.5. The molecule has 2 aliphatic heterocycles. The molecule has 0 bridgehead atoms. The van der Waals surface area contributed by atoms with Crippen LogP contribution in [0.5, 0.6) is 0 Å². The lowest BCUT2D eigenvalue weighted by Crippen LogP contribution is -2.38. The average Bonchev–Trinajstić information content (AvgIpc) is 3.33. The van der Waals surface area contributed by atoms with Crippen molar-refractivity contribution in [3.8, 4) is 0 Å². The van der Waals surface area contributed by atoms with Crippen LogP contribution in [0.1, 0.15) is 63.8 Å². The summed E-state index contributed by atoms with van der Waals surface area (Å²) >= 11 is 0. The highest BCUT2D eigenvalue weighted by Crippen LogP contribution is 2.30. The van der Waals surface area contributed by atoms with E-state index in [-0.39, 0.29) is 17.7 Å². The largest absolute Gasteiger partial charge is 0.389 e. The number of fused-ring (bicyclic) bond motifs is 1. The van der Waals surface area contributed by atoms with Crippen LogP contribution < -0.4 is 5.32 Å². The number of halogens is 3. The van der Waals surface area contributed by atoms with Gasteiger partial charge in [0.25, 0.3) is 12.3 Å². The summed E-state index contributed by atoms with van der Waals surface area (Å²) in [5.41, 5.74) is -0.889. The third kappa shape index (κ3) is 5.35. The molecule has 0 spiro atoms. The second-order valence-electron chi connectivity index (χ2n) is 10.3. The Bertz CT molecular complexity index is 1270. The van der Waals surface area contributed by atoms with Crippen LogP contribution in [0.3, 0.4) is 0 Å². The van der Waals surface area contributed by atoms with Crippen LogP contribution in [-0.4, -0.2) is 55.0 Å². The van der Waals surface area contributed by atoms with Crippen molar-refractivity contribution < 1.29 is 23.1 Å². The molecule has 36 heavy (non-hydrogen) atoms. The average molecular weight is 503 g/mol. The van der Waals surface area contributed by atoms with Crippen LogP contribution in [0.15, 0.2) is 52.3 Å². The van der Waals surface area contributed by atoms with Crippen LogP contribution in [0.2, 0.25) is 0 Å². The maximum Gasteiger partial charge on any atom is 0.266 e. The number of aliphatic hydroxyl groups is 1. The van der Waals surface area contributed by atoms with Gasteiger partial charge in [0, 0.05) is 17.3 Å². The SMILES string of the molecule is C[C@@H](NC(=O)C1=CC(c2cnn(CC(C)(C)O)c2)=NN2CC(C)(C)N=C12)c1cccc(C(F)F)c1F. The van der Waals surface area contributed by atoms with Crippen LogP contribution in [-0.2, 0) is 11.3 Å². The standard InChI is InChI=1S/C25H29F3N6O2/c1-14(16-7-6-8-17(20(16)26)21(27)28)30-23(35)18-9-19(32-34-12-24(2,3)31-22(18)34)15-10-29-33(11-15)13-25(4,5)36/h6-11,14,21,36H,12-13H2,1-5H3,(H,30,35)/t14-/m1/s1. The van der Waals surface area contributed by atoms with Crippen LogP contribution in [0, 0.1) is 5.82 Å². The molecule has 2 aromatic rings. The zero-order chi connectivity index (χ0) is 26.4. The van der Waals surface area contributed by atoms with Crippen molar-refractivity contribution in [3.05, 3.63) is 64.7 Å². The number of rotatable bonds is 7. The van der Waals surface area contributed by atoms with E-state index in [4.69, 9.17) is 0 Å². The van der Waals surface area contributed by atoms with Gasteiger partial charge < -0.3 is 10.4 Å². The molecule has 0 saturated heterocycles. The van der Waals surface area contributed by atoms with Crippen molar-refractivity contribution in [1.82, 2.24) is 20.1 Å². The number of nitrogens with one attached hydrogen (secondary N) is 1. The molecule has 8 nitrogen and oxygen atoms in total. The predicted octanol–water partition coefficient (Wildman–Crippen LogP) is 3.74. The first-order chi connectivity index (χ1) is 16.7. The minimum Gasteiger partial charge on any atom is -0.389 e. The number of carbonyl (C=O) groups is 1. The van der Waals surface area contributed by atoms with Gasteiger partial charge in [-0.1, -0.05) is 18.2 Å². The normalized spacial score (nSPS) is 17.9. The molecule has 1 amide bonds. The molecule has 0 saturated carbocycles. The van der Waals surface area contributed by atoms with Crippen molar-refractivity contribution in [2.75, 3.05) is 6.54 Å². The number of amides is 1. The van der Waals surface area contributed by atoms with Gasteiger partial charge in [0.1, 0.15) is 5.82 Å². The topological polar surface area (TPSA) is 95.1 Å². The van der Waals surface area contributed by atoms with Gasteiger partial charge in [-0.3, -0.25) is 14.5 Å². The Morgan fingerprint density at radius 3 is 2.64 bits per heavy atom. The van der Waals surface area contributed by atoms with Gasteiger partial charge >= 0.3 is 0 Å². The molecule has 0 unspecified atom stereocenters. The Hall–Kier alpha value is -3.47. The lowest BCUT2D eigenvalue weighted by molar-refractivity contribution is -0.117. The molecule has 3 heterocycles. The van der Waals surface area contributed by atoms with E-state index in [1.807, 2.05) is 13.8 Å². The molecule has 1 atom stereocenters. The fourth-order valence-electron chi connectivity index (χ4n) is 4.17. The number of amidine groups is 1. The van der Waals surface area contributed by atoms with E-state index in [0.717, 1.165) is 6.07 Å². The molecule has 2 N–H and O–H groups in total. The van der Waals surface area contributed by atoms with Gasteiger partial charge in [0.2, 0.25) is 0 Å². The van der Waals surface area contributed by atoms with Gasteiger partial charge in [-0.05, 0) is 40.7 Å². The molecule has 192 valence electrons. The third-order valence-electron chi connectivity index (χ3n) is 5.77. The van der Waals surface area contributed by atoms with E-state index in [1.165, 1.54) is 19.1 Å². The molecule has 0 radical (unpaired) electrons. The second kappa shape index (κ2) is 9.20. The number of benzene rings is 1. The highest BCUT2D eigenvalue weighted by Gasteiger charge is 2.38. The molecular formula is C25H29F3N6O2. The number of allylic oxidation sites excluding steroid dienone is 1. The van der Waals surface area contributed by atoms with Gasteiger partial charge in [0.15, 0.2) is 5.84 Å². The van der Waals surface area contributed by atoms with Crippen molar-refractivity contribution in [2.24, 2.45) is 10.1 Å². The summed E-state index contributed by atoms with van der Waals surface area (Å²) < 4.78 is 42.5. The van der Waals surface area contributed by atoms with E-state index in [9.17, 15) is 23.1 Å². The first-order valence-electron chi connectivity index (χ1n) is 11.5. The number of aliphatic imine (C=N–C) groups is 1. The van der Waals surface area contributed by atoms with Crippen LogP contribution in [0.25, 0.3) is 0 Å². The molecule has 0 aliphatic carbocycles. The summed E-state index contributed by atoms with van der Waals surface area (Å²) in [6.07, 6.45) is 1.93. The molecule has 1 aromatic heterocycles. The van der Waals surface area contributed by atoms with Crippen molar-refractivity contribution in [3.63, 3.8) is 0 Å². The van der Waals surface area contributed by atoms with Gasteiger partial charge in [-0.25, -0.2) is 18.2 Å². The fraction of sp³-hybridized carbons (Fsp3) is 0.440. The van der Waals surface area contributed by atoms with E-state index in [2.05, 4.69) is 20.5 Å². The minimum absolute atomic E-state index is 0.0371. The quantitative estimate of drug-likeness (QED) is 0.603. The highest BCUT2D eigenvalue weighted by atomic mass is 19.3. The Balaban J connectivity index is 1.64. The molecule has 0 fully saturated rings. The summed E-state index contributed by atoms with van der Waals surface area (Å²) in [7, 11) is 0. The predicted molar refractivity (Wildman–Crippen MR) is 129 cm³/mol. The molecule has 1 aromatic carbocycles. The number of hydrogen-bond donors (Lipinski definition) is 2. The molecular weight excluding hydrogens is 473 g/mol. The zero-order valence-electron chi connectivity index (χ0n) is 20.8. The van der Waals surface area contributed by atoms with Gasteiger partial charge in [-0.2, -0.15) is 10.2 Å². The zero-order valence-corrected chi connectivity index (χ0v) is 20.8. The summed E-state index contributed by atoms with van der Waals surface area (Å²) in [5.74, 6) is -1.21. The maximum absolute atomic E-state index is 14.7. The number of alkyl halides is 2. The van der Waals surface area contributed by atoms with Gasteiger partial charge in [-0.15, -0.1) is 0 Å². The fourth-order valence-corrected chi connectivity index (χ4v) is 4.17. The highest BCUT2D eigenvalue weighted by molar-refractivity contribution is 6.28. The number of hydrogen-bond acceptors (Lipinski definition) is 6. The second-order valence-corrected chi connectivity index (χ2v) is 10.3. The Morgan fingerprint density at radius 2 is 1.97 bits per heavy atom. The lowest BCUT2D eigenvalue weighted by Gasteiger charge is -2.24. The third-order valence-corrected chi connectivity index (χ3v) is 5.77. The summed E-state index contributed by atoms with van der Waals surface area (Å²) in [4.78, 5) is 18.0. The Labute approximate surface area is 207 Å². The van der Waals surface area contributed by atoms with Crippen molar-refractivity contribution in [2.45, 2.75) is 64.8 Å². The number of nitrogens with zero attached hydrogens (tertiary/aromatic N) is 5.